The summed E-state index contributed by atoms with van der Waals surface area (Å²) in [6.07, 6.45) is 5.35. The number of hydrogen-bond donors (Lipinski definition) is 2. The monoisotopic (exact) mass is 322 g/mol. The maximum absolute atomic E-state index is 3.92. The van der Waals surface area contributed by atoms with Gasteiger partial charge in [-0.3, -0.25) is 9.80 Å². The van der Waals surface area contributed by atoms with Crippen LogP contribution in [0.15, 0.2) is 0 Å². The number of likely N-dealkylation sites (tertiary alicyclic amines) is 1. The molecule has 23 heavy (non-hydrogen) atoms. The highest BCUT2D eigenvalue weighted by molar-refractivity contribution is 5.06. The molecule has 3 heterocycles. The van der Waals surface area contributed by atoms with E-state index in [-0.39, 0.29) is 5.54 Å². The van der Waals surface area contributed by atoms with Gasteiger partial charge in [-0.1, -0.05) is 0 Å². The van der Waals surface area contributed by atoms with Crippen molar-refractivity contribution in [3.63, 3.8) is 0 Å². The second-order valence-corrected chi connectivity index (χ2v) is 9.59. The summed E-state index contributed by atoms with van der Waals surface area (Å²) in [6, 6.07) is 2.24. The molecule has 2 unspecified atom stereocenters. The molecule has 0 aromatic rings. The molecule has 0 amide bonds. The first-order chi connectivity index (χ1) is 10.8. The van der Waals surface area contributed by atoms with E-state index in [9.17, 15) is 0 Å². The van der Waals surface area contributed by atoms with E-state index in [4.69, 9.17) is 0 Å². The Balaban J connectivity index is 1.48. The van der Waals surface area contributed by atoms with Crippen molar-refractivity contribution in [1.82, 2.24) is 20.4 Å². The molecule has 3 aliphatic heterocycles. The van der Waals surface area contributed by atoms with Crippen LogP contribution in [0.2, 0.25) is 0 Å². The van der Waals surface area contributed by atoms with E-state index >= 15 is 0 Å². The van der Waals surface area contributed by atoms with Gasteiger partial charge in [0.2, 0.25) is 0 Å². The van der Waals surface area contributed by atoms with Gasteiger partial charge in [0.1, 0.15) is 0 Å². The number of rotatable bonds is 4. The number of hydrogen-bond acceptors (Lipinski definition) is 4. The normalized spacial score (nSPS) is 34.0. The average molecular weight is 323 g/mol. The highest BCUT2D eigenvalue weighted by atomic mass is 15.4. The largest absolute Gasteiger partial charge is 0.314 e. The third-order valence-corrected chi connectivity index (χ3v) is 6.29. The van der Waals surface area contributed by atoms with Crippen molar-refractivity contribution in [1.29, 1.82) is 0 Å². The van der Waals surface area contributed by atoms with Gasteiger partial charge in [-0.05, 0) is 66.8 Å². The number of fused-ring (bicyclic) bond motifs is 2. The lowest BCUT2D eigenvalue weighted by atomic mass is 9.82. The smallest absolute Gasteiger partial charge is 0.0284 e. The van der Waals surface area contributed by atoms with Crippen molar-refractivity contribution in [2.45, 2.75) is 89.5 Å². The Morgan fingerprint density at radius 1 is 1.00 bits per heavy atom. The zero-order valence-corrected chi connectivity index (χ0v) is 16.0. The summed E-state index contributed by atoms with van der Waals surface area (Å²) in [5.41, 5.74) is 0.599. The molecule has 0 radical (unpaired) electrons. The van der Waals surface area contributed by atoms with E-state index in [0.29, 0.717) is 11.6 Å². The van der Waals surface area contributed by atoms with Crippen LogP contribution in [0, 0.1) is 0 Å². The fourth-order valence-electron chi connectivity index (χ4n) is 4.93. The fraction of sp³-hybridized carbons (Fsp3) is 1.00. The van der Waals surface area contributed by atoms with E-state index in [1.807, 2.05) is 0 Å². The summed E-state index contributed by atoms with van der Waals surface area (Å²) in [5, 5.41) is 7.47. The number of piperidine rings is 1. The van der Waals surface area contributed by atoms with Crippen LogP contribution in [0.4, 0.5) is 0 Å². The molecule has 3 saturated heterocycles. The minimum Gasteiger partial charge on any atom is -0.314 e. The zero-order chi connectivity index (χ0) is 16.7. The van der Waals surface area contributed by atoms with Crippen molar-refractivity contribution in [2.75, 3.05) is 32.7 Å². The summed E-state index contributed by atoms with van der Waals surface area (Å²) in [6.45, 7) is 17.9. The summed E-state index contributed by atoms with van der Waals surface area (Å²) < 4.78 is 0. The molecule has 3 aliphatic rings. The predicted octanol–water partition coefficient (Wildman–Crippen LogP) is 2.05. The Morgan fingerprint density at radius 2 is 1.70 bits per heavy atom. The number of nitrogens with one attached hydrogen (secondary N) is 2. The Morgan fingerprint density at radius 3 is 2.30 bits per heavy atom. The molecule has 0 aromatic carbocycles. The SMILES string of the molecule is CC(C)(C)N1CCC[C@@H](NCC(C)(C)N2C3CNCC2C3)CC1. The van der Waals surface area contributed by atoms with Crippen LogP contribution in [0.1, 0.15) is 60.3 Å². The van der Waals surface area contributed by atoms with Gasteiger partial charge in [-0.15, -0.1) is 0 Å². The van der Waals surface area contributed by atoms with Gasteiger partial charge in [0, 0.05) is 55.4 Å². The van der Waals surface area contributed by atoms with Crippen LogP contribution < -0.4 is 10.6 Å². The molecule has 0 saturated carbocycles. The van der Waals surface area contributed by atoms with Crippen LogP contribution in [-0.2, 0) is 0 Å². The Labute approximate surface area is 143 Å². The second-order valence-electron chi connectivity index (χ2n) is 9.59. The fourth-order valence-corrected chi connectivity index (χ4v) is 4.93. The van der Waals surface area contributed by atoms with Gasteiger partial charge in [0.05, 0.1) is 0 Å². The Hall–Kier alpha value is -0.160. The minimum absolute atomic E-state index is 0.283. The molecular weight excluding hydrogens is 284 g/mol. The van der Waals surface area contributed by atoms with E-state index in [0.717, 1.165) is 18.6 Å². The first-order valence-electron chi connectivity index (χ1n) is 9.75. The zero-order valence-electron chi connectivity index (χ0n) is 16.0. The molecule has 134 valence electrons. The topological polar surface area (TPSA) is 30.5 Å². The van der Waals surface area contributed by atoms with Gasteiger partial charge in [0.25, 0.3) is 0 Å². The maximum Gasteiger partial charge on any atom is 0.0284 e. The third kappa shape index (κ3) is 3.92. The standard InChI is InChI=1S/C19H38N4/c1-18(2,3)22-9-6-7-15(8-10-22)21-14-19(4,5)23-16-11-17(23)13-20-12-16/h15-17,20-21H,6-14H2,1-5H3/t15-,16?,17?/m1/s1. The van der Waals surface area contributed by atoms with Crippen molar-refractivity contribution < 1.29 is 0 Å². The van der Waals surface area contributed by atoms with E-state index in [1.54, 1.807) is 0 Å². The van der Waals surface area contributed by atoms with E-state index in [1.165, 1.54) is 51.9 Å². The Kier molecular flexibility index (Phi) is 5.09. The first kappa shape index (κ1) is 17.7. The van der Waals surface area contributed by atoms with Crippen LogP contribution in [0.25, 0.3) is 0 Å². The van der Waals surface area contributed by atoms with E-state index in [2.05, 4.69) is 55.1 Å². The molecule has 0 spiro atoms. The number of piperazine rings is 1. The molecule has 2 N–H and O–H groups in total. The minimum atomic E-state index is 0.283. The van der Waals surface area contributed by atoms with E-state index < -0.39 is 0 Å². The van der Waals surface area contributed by atoms with Crippen molar-refractivity contribution in [3.05, 3.63) is 0 Å². The van der Waals surface area contributed by atoms with Crippen LogP contribution in [0.5, 0.6) is 0 Å². The van der Waals surface area contributed by atoms with Gasteiger partial charge in [-0.2, -0.15) is 0 Å². The van der Waals surface area contributed by atoms with Crippen molar-refractivity contribution in [2.24, 2.45) is 0 Å². The summed E-state index contributed by atoms with van der Waals surface area (Å²) in [4.78, 5) is 5.43. The predicted molar refractivity (Wildman–Crippen MR) is 97.9 cm³/mol. The molecule has 3 fully saturated rings. The molecule has 4 heteroatoms. The molecule has 3 rings (SSSR count). The molecule has 2 bridgehead atoms. The highest BCUT2D eigenvalue weighted by Gasteiger charge is 2.48. The first-order valence-corrected chi connectivity index (χ1v) is 9.75. The summed E-state index contributed by atoms with van der Waals surface area (Å²) >= 11 is 0. The lowest BCUT2D eigenvalue weighted by Gasteiger charge is -2.60. The van der Waals surface area contributed by atoms with Crippen molar-refractivity contribution >= 4 is 0 Å². The van der Waals surface area contributed by atoms with Gasteiger partial charge in [0.15, 0.2) is 0 Å². The van der Waals surface area contributed by atoms with Crippen molar-refractivity contribution in [3.8, 4) is 0 Å². The molecular formula is C19H38N4. The summed E-state index contributed by atoms with van der Waals surface area (Å²) in [7, 11) is 0. The average Bonchev–Trinajstić information content (AvgIpc) is 2.70. The van der Waals surface area contributed by atoms with Gasteiger partial charge < -0.3 is 10.6 Å². The van der Waals surface area contributed by atoms with Crippen LogP contribution >= 0.6 is 0 Å². The quantitative estimate of drug-likeness (QED) is 0.829. The molecule has 0 aliphatic carbocycles. The maximum atomic E-state index is 3.92. The highest BCUT2D eigenvalue weighted by Crippen LogP contribution is 2.35. The molecule has 4 nitrogen and oxygen atoms in total. The van der Waals surface area contributed by atoms with Crippen LogP contribution in [0.3, 0.4) is 0 Å². The third-order valence-electron chi connectivity index (χ3n) is 6.29. The Bertz CT molecular complexity index is 387. The number of nitrogens with zero attached hydrogens (tertiary/aromatic N) is 2. The lowest BCUT2D eigenvalue weighted by molar-refractivity contribution is -0.0858. The molecule has 0 aromatic heterocycles. The summed E-state index contributed by atoms with van der Waals surface area (Å²) in [5.74, 6) is 0. The lowest BCUT2D eigenvalue weighted by Crippen LogP contribution is -2.74. The van der Waals surface area contributed by atoms with Gasteiger partial charge >= 0.3 is 0 Å². The van der Waals surface area contributed by atoms with Crippen LogP contribution in [-0.4, -0.2) is 71.7 Å². The molecule has 3 atom stereocenters. The van der Waals surface area contributed by atoms with Gasteiger partial charge in [-0.25, -0.2) is 0 Å². The second kappa shape index (κ2) is 6.62.